The van der Waals surface area contributed by atoms with Gasteiger partial charge in [0.25, 0.3) is 0 Å². The maximum Gasteiger partial charge on any atom is 0.0726 e. The number of nitrogens with zero attached hydrogens (tertiary/aromatic N) is 2. The lowest BCUT2D eigenvalue weighted by atomic mass is 9.68. The Balaban J connectivity index is 0.913. The molecule has 13 aromatic rings. The molecule has 0 saturated heterocycles. The SMILES string of the molecule is c1ccc(-n2c3ccccc3c3ccc(-c4ccc(N(c5ccc6c(c5)-c5ccccc5C6(c5ccccc5)c5ccccc5)c5ccc6c(c5)C5(c7ccccc7-c7ccccc75)c5ccccc5-6)cc4)cc32)cc1. The molecule has 2 nitrogen and oxygen atoms in total. The molecule has 0 amide bonds. The van der Waals surface area contributed by atoms with Crippen LogP contribution in [0.1, 0.15) is 44.5 Å². The molecule has 3 aliphatic carbocycles. The summed E-state index contributed by atoms with van der Waals surface area (Å²) in [6.07, 6.45) is 0. The van der Waals surface area contributed by atoms with Crippen molar-refractivity contribution in [3.8, 4) is 50.2 Å². The summed E-state index contributed by atoms with van der Waals surface area (Å²) in [5.41, 5.74) is 26.3. The molecule has 1 heterocycles. The number of hydrogen-bond donors (Lipinski definition) is 0. The number of para-hydroxylation sites is 2. The Kier molecular flexibility index (Phi) is 9.20. The summed E-state index contributed by atoms with van der Waals surface area (Å²) in [7, 11) is 0. The van der Waals surface area contributed by atoms with Gasteiger partial charge in [-0.15, -0.1) is 0 Å². The largest absolute Gasteiger partial charge is 0.310 e. The summed E-state index contributed by atoms with van der Waals surface area (Å²) in [4.78, 5) is 2.50. The van der Waals surface area contributed by atoms with Crippen LogP contribution in [0.2, 0.25) is 0 Å². The molecule has 0 radical (unpaired) electrons. The van der Waals surface area contributed by atoms with Gasteiger partial charge in [-0.3, -0.25) is 0 Å². The summed E-state index contributed by atoms with van der Waals surface area (Å²) < 4.78 is 2.40. The Labute approximate surface area is 442 Å². The molecular formula is C74H48N2. The molecule has 0 saturated carbocycles. The third-order valence-electron chi connectivity index (χ3n) is 17.1. The van der Waals surface area contributed by atoms with E-state index in [1.165, 1.54) is 105 Å². The van der Waals surface area contributed by atoms with Crippen molar-refractivity contribution in [1.29, 1.82) is 0 Å². The first-order valence-corrected chi connectivity index (χ1v) is 26.5. The van der Waals surface area contributed by atoms with Crippen LogP contribution in [0.25, 0.3) is 72.0 Å². The summed E-state index contributed by atoms with van der Waals surface area (Å²) in [5, 5.41) is 2.50. The molecule has 16 rings (SSSR count). The first-order valence-electron chi connectivity index (χ1n) is 26.5. The average Bonchev–Trinajstić information content (AvgIpc) is 4.27. The third kappa shape index (κ3) is 5.81. The topological polar surface area (TPSA) is 8.17 Å². The fourth-order valence-electron chi connectivity index (χ4n) is 14.1. The van der Waals surface area contributed by atoms with Crippen molar-refractivity contribution in [1.82, 2.24) is 4.57 Å². The highest BCUT2D eigenvalue weighted by atomic mass is 15.1. The Morgan fingerprint density at radius 2 is 0.684 bits per heavy atom. The monoisotopic (exact) mass is 964 g/mol. The van der Waals surface area contributed by atoms with Crippen molar-refractivity contribution in [2.45, 2.75) is 10.8 Å². The zero-order valence-electron chi connectivity index (χ0n) is 41.6. The minimum absolute atomic E-state index is 0.479. The van der Waals surface area contributed by atoms with E-state index in [2.05, 4.69) is 301 Å². The summed E-state index contributed by atoms with van der Waals surface area (Å²) >= 11 is 0. The van der Waals surface area contributed by atoms with Gasteiger partial charge in [0, 0.05) is 33.5 Å². The highest BCUT2D eigenvalue weighted by Crippen LogP contribution is 2.64. The van der Waals surface area contributed by atoms with Crippen LogP contribution < -0.4 is 4.90 Å². The summed E-state index contributed by atoms with van der Waals surface area (Å²) in [6, 6.07) is 109. The zero-order valence-corrected chi connectivity index (χ0v) is 41.6. The predicted octanol–water partition coefficient (Wildman–Crippen LogP) is 18.6. The minimum atomic E-state index is -0.498. The number of benzene rings is 12. The molecule has 0 unspecified atom stereocenters. The van der Waals surface area contributed by atoms with Gasteiger partial charge in [-0.05, 0) is 150 Å². The van der Waals surface area contributed by atoms with E-state index in [4.69, 9.17) is 0 Å². The van der Waals surface area contributed by atoms with Gasteiger partial charge in [0.2, 0.25) is 0 Å². The van der Waals surface area contributed by atoms with Crippen molar-refractivity contribution < 1.29 is 0 Å². The molecule has 354 valence electrons. The van der Waals surface area contributed by atoms with Crippen LogP contribution in [0.3, 0.4) is 0 Å². The van der Waals surface area contributed by atoms with Crippen LogP contribution in [0.5, 0.6) is 0 Å². The second-order valence-electron chi connectivity index (χ2n) is 20.7. The molecule has 0 aliphatic heterocycles. The Morgan fingerprint density at radius 1 is 0.250 bits per heavy atom. The number of rotatable bonds is 7. The van der Waals surface area contributed by atoms with Crippen LogP contribution in [0.15, 0.2) is 291 Å². The van der Waals surface area contributed by atoms with Gasteiger partial charge >= 0.3 is 0 Å². The molecular weight excluding hydrogens is 917 g/mol. The van der Waals surface area contributed by atoms with Crippen molar-refractivity contribution in [3.05, 3.63) is 336 Å². The Hall–Kier alpha value is -9.76. The molecule has 3 aliphatic rings. The van der Waals surface area contributed by atoms with Crippen LogP contribution in [0.4, 0.5) is 17.1 Å². The smallest absolute Gasteiger partial charge is 0.0726 e. The molecule has 12 aromatic carbocycles. The first kappa shape index (κ1) is 42.7. The van der Waals surface area contributed by atoms with E-state index in [-0.39, 0.29) is 0 Å². The number of anilines is 3. The number of aromatic nitrogens is 1. The van der Waals surface area contributed by atoms with E-state index in [1.807, 2.05) is 0 Å². The van der Waals surface area contributed by atoms with E-state index >= 15 is 0 Å². The lowest BCUT2D eigenvalue weighted by molar-refractivity contribution is 0.768. The maximum atomic E-state index is 2.51. The molecule has 0 atom stereocenters. The van der Waals surface area contributed by atoms with Crippen LogP contribution in [0, 0.1) is 0 Å². The molecule has 0 N–H and O–H groups in total. The fraction of sp³-hybridized carbons (Fsp3) is 0.0270. The molecule has 0 fully saturated rings. The van der Waals surface area contributed by atoms with E-state index in [1.54, 1.807) is 0 Å². The molecule has 1 aromatic heterocycles. The summed E-state index contributed by atoms with van der Waals surface area (Å²) in [6.45, 7) is 0. The van der Waals surface area contributed by atoms with Gasteiger partial charge in [-0.25, -0.2) is 0 Å². The molecule has 2 heteroatoms. The number of fused-ring (bicyclic) bond motifs is 16. The maximum absolute atomic E-state index is 2.51. The Morgan fingerprint density at radius 3 is 1.30 bits per heavy atom. The molecule has 1 spiro atoms. The van der Waals surface area contributed by atoms with Crippen molar-refractivity contribution >= 4 is 38.9 Å². The highest BCUT2D eigenvalue weighted by Gasteiger charge is 2.52. The third-order valence-corrected chi connectivity index (χ3v) is 17.1. The minimum Gasteiger partial charge on any atom is -0.310 e. The lowest BCUT2D eigenvalue weighted by Crippen LogP contribution is -2.28. The van der Waals surface area contributed by atoms with Gasteiger partial charge in [0.1, 0.15) is 0 Å². The lowest BCUT2D eigenvalue weighted by Gasteiger charge is -2.34. The molecule has 0 bridgehead atoms. The fourth-order valence-corrected chi connectivity index (χ4v) is 14.1. The summed E-state index contributed by atoms with van der Waals surface area (Å²) in [5.74, 6) is 0. The van der Waals surface area contributed by atoms with Crippen LogP contribution in [-0.2, 0) is 10.8 Å². The van der Waals surface area contributed by atoms with E-state index in [0.717, 1.165) is 28.3 Å². The second kappa shape index (κ2) is 16.4. The predicted molar refractivity (Wildman–Crippen MR) is 315 cm³/mol. The van der Waals surface area contributed by atoms with Crippen molar-refractivity contribution in [3.63, 3.8) is 0 Å². The highest BCUT2D eigenvalue weighted by molar-refractivity contribution is 6.10. The van der Waals surface area contributed by atoms with Gasteiger partial charge in [0.05, 0.1) is 21.9 Å². The van der Waals surface area contributed by atoms with E-state index in [9.17, 15) is 0 Å². The standard InChI is InChI=1S/C74H48N2/c1-4-20-51(21-5-1)73(52-22-6-2-7-23-52)65-31-15-13-29-60(65)64-47-55(42-45-69(64)73)75(54-39-36-49(37-40-54)50-38-43-63-62-30-14-19-35-71(62)76(72(63)46-50)53-24-8-3-9-25-53)56-41-44-61-59-28-12-18-34-68(59)74(70(61)48-56)66-32-16-10-26-57(66)58-27-11-17-33-67(58)74/h1-48H. The van der Waals surface area contributed by atoms with Crippen molar-refractivity contribution in [2.24, 2.45) is 0 Å². The second-order valence-corrected chi connectivity index (χ2v) is 20.7. The Bertz CT molecular complexity index is 4350. The van der Waals surface area contributed by atoms with Crippen LogP contribution in [-0.4, -0.2) is 4.57 Å². The quantitative estimate of drug-likeness (QED) is 0.155. The van der Waals surface area contributed by atoms with Gasteiger partial charge in [-0.1, -0.05) is 231 Å². The first-order chi connectivity index (χ1) is 37.7. The zero-order chi connectivity index (χ0) is 50.0. The van der Waals surface area contributed by atoms with Gasteiger partial charge < -0.3 is 9.47 Å². The van der Waals surface area contributed by atoms with E-state index < -0.39 is 10.8 Å². The van der Waals surface area contributed by atoms with Crippen molar-refractivity contribution in [2.75, 3.05) is 4.90 Å². The normalized spacial score (nSPS) is 13.7. The van der Waals surface area contributed by atoms with E-state index in [0.29, 0.717) is 0 Å². The number of hydrogen-bond acceptors (Lipinski definition) is 1. The van der Waals surface area contributed by atoms with Gasteiger partial charge in [-0.2, -0.15) is 0 Å². The van der Waals surface area contributed by atoms with Crippen LogP contribution >= 0.6 is 0 Å². The average molecular weight is 965 g/mol. The molecule has 76 heavy (non-hydrogen) atoms. The van der Waals surface area contributed by atoms with Gasteiger partial charge in [0.15, 0.2) is 0 Å².